The van der Waals surface area contributed by atoms with E-state index in [1.54, 1.807) is 24.9 Å². The van der Waals surface area contributed by atoms with Gasteiger partial charge in [-0.2, -0.15) is 0 Å². The van der Waals surface area contributed by atoms with Crippen LogP contribution in [-0.4, -0.2) is 9.97 Å². The predicted octanol–water partition coefficient (Wildman–Crippen LogP) is 2.96. The van der Waals surface area contributed by atoms with E-state index in [1.165, 1.54) is 11.8 Å². The molecule has 2 heterocycles. The second-order valence-electron chi connectivity index (χ2n) is 3.47. The van der Waals surface area contributed by atoms with Crippen LogP contribution in [0.1, 0.15) is 0 Å². The van der Waals surface area contributed by atoms with Crippen LogP contribution in [0.5, 0.6) is 0 Å². The SMILES string of the molecule is Nc1c(Sc2ncco2)ccc2cnccc12. The molecule has 5 heteroatoms. The molecule has 2 aromatic heterocycles. The Morgan fingerprint density at radius 2 is 2.12 bits per heavy atom. The van der Waals surface area contributed by atoms with Crippen molar-refractivity contribution in [3.63, 3.8) is 0 Å². The van der Waals surface area contributed by atoms with Gasteiger partial charge in [-0.15, -0.1) is 0 Å². The van der Waals surface area contributed by atoms with E-state index < -0.39 is 0 Å². The van der Waals surface area contributed by atoms with Gasteiger partial charge in [0.25, 0.3) is 5.22 Å². The first-order valence-electron chi connectivity index (χ1n) is 5.04. The Bertz CT molecular complexity index is 652. The Kier molecular flexibility index (Phi) is 2.45. The van der Waals surface area contributed by atoms with Gasteiger partial charge in [-0.1, -0.05) is 6.07 Å². The van der Waals surface area contributed by atoms with Gasteiger partial charge >= 0.3 is 0 Å². The van der Waals surface area contributed by atoms with E-state index in [1.807, 2.05) is 18.2 Å². The van der Waals surface area contributed by atoms with Crippen molar-refractivity contribution in [2.45, 2.75) is 10.1 Å². The van der Waals surface area contributed by atoms with Crippen molar-refractivity contribution < 1.29 is 4.42 Å². The Morgan fingerprint density at radius 3 is 2.94 bits per heavy atom. The number of benzene rings is 1. The predicted molar refractivity (Wildman–Crippen MR) is 66.8 cm³/mol. The average molecular weight is 243 g/mol. The summed E-state index contributed by atoms with van der Waals surface area (Å²) in [5.41, 5.74) is 6.85. The van der Waals surface area contributed by atoms with Gasteiger partial charge in [0.05, 0.1) is 11.9 Å². The molecule has 2 N–H and O–H groups in total. The number of nitrogens with two attached hydrogens (primary N) is 1. The number of pyridine rings is 1. The molecular weight excluding hydrogens is 234 g/mol. The molecule has 17 heavy (non-hydrogen) atoms. The Hall–Kier alpha value is -2.01. The van der Waals surface area contributed by atoms with Crippen molar-refractivity contribution in [3.8, 4) is 0 Å². The lowest BCUT2D eigenvalue weighted by atomic mass is 10.1. The van der Waals surface area contributed by atoms with E-state index in [0.29, 0.717) is 5.22 Å². The molecule has 3 rings (SSSR count). The zero-order valence-electron chi connectivity index (χ0n) is 8.83. The zero-order chi connectivity index (χ0) is 11.7. The molecule has 0 unspecified atom stereocenters. The quantitative estimate of drug-likeness (QED) is 0.701. The molecule has 0 aliphatic heterocycles. The third kappa shape index (κ3) is 1.85. The summed E-state index contributed by atoms with van der Waals surface area (Å²) in [4.78, 5) is 9.06. The number of fused-ring (bicyclic) bond motifs is 1. The van der Waals surface area contributed by atoms with Gasteiger partial charge in [0.1, 0.15) is 6.26 Å². The summed E-state index contributed by atoms with van der Waals surface area (Å²) in [7, 11) is 0. The zero-order valence-corrected chi connectivity index (χ0v) is 9.65. The smallest absolute Gasteiger partial charge is 0.260 e. The fraction of sp³-hybridized carbons (Fsp3) is 0. The lowest BCUT2D eigenvalue weighted by Gasteiger charge is -2.06. The van der Waals surface area contributed by atoms with Crippen LogP contribution in [0, 0.1) is 0 Å². The first kappa shape index (κ1) is 10.2. The molecule has 0 radical (unpaired) electrons. The molecule has 84 valence electrons. The van der Waals surface area contributed by atoms with Gasteiger partial charge in [-0.25, -0.2) is 4.98 Å². The van der Waals surface area contributed by atoms with Gasteiger partial charge in [0, 0.05) is 28.1 Å². The van der Waals surface area contributed by atoms with E-state index in [-0.39, 0.29) is 0 Å². The van der Waals surface area contributed by atoms with E-state index in [9.17, 15) is 0 Å². The maximum absolute atomic E-state index is 6.12. The molecule has 0 spiro atoms. The maximum atomic E-state index is 6.12. The molecule has 0 bridgehead atoms. The van der Waals surface area contributed by atoms with Crippen molar-refractivity contribution in [2.75, 3.05) is 5.73 Å². The largest absolute Gasteiger partial charge is 0.440 e. The van der Waals surface area contributed by atoms with Crippen LogP contribution in [0.3, 0.4) is 0 Å². The highest BCUT2D eigenvalue weighted by Gasteiger charge is 2.08. The van der Waals surface area contributed by atoms with Crippen molar-refractivity contribution in [2.24, 2.45) is 0 Å². The third-order valence-electron chi connectivity index (χ3n) is 2.43. The average Bonchev–Trinajstić information content (AvgIpc) is 2.86. The van der Waals surface area contributed by atoms with Gasteiger partial charge in [0.15, 0.2) is 0 Å². The van der Waals surface area contributed by atoms with Gasteiger partial charge in [-0.3, -0.25) is 4.98 Å². The van der Waals surface area contributed by atoms with Crippen LogP contribution in [0.25, 0.3) is 10.8 Å². The number of rotatable bonds is 2. The molecule has 1 aromatic carbocycles. The van der Waals surface area contributed by atoms with Gasteiger partial charge in [-0.05, 0) is 23.9 Å². The lowest BCUT2D eigenvalue weighted by molar-refractivity contribution is 0.454. The van der Waals surface area contributed by atoms with Crippen LogP contribution in [-0.2, 0) is 0 Å². The number of oxazole rings is 1. The number of nitrogen functional groups attached to an aromatic ring is 1. The summed E-state index contributed by atoms with van der Waals surface area (Å²) >= 11 is 1.41. The van der Waals surface area contributed by atoms with Crippen molar-refractivity contribution in [1.82, 2.24) is 9.97 Å². The van der Waals surface area contributed by atoms with Crippen LogP contribution in [0.15, 0.2) is 57.6 Å². The van der Waals surface area contributed by atoms with Crippen molar-refractivity contribution in [3.05, 3.63) is 43.1 Å². The molecule has 0 aliphatic carbocycles. The van der Waals surface area contributed by atoms with Crippen molar-refractivity contribution >= 4 is 28.2 Å². The summed E-state index contributed by atoms with van der Waals surface area (Å²) in [6.45, 7) is 0. The summed E-state index contributed by atoms with van der Waals surface area (Å²) in [6.07, 6.45) is 6.69. The molecular formula is C12H9N3OS. The topological polar surface area (TPSA) is 64.9 Å². The standard InChI is InChI=1S/C12H9N3OS/c13-11-9-3-4-14-7-8(9)1-2-10(11)17-12-15-5-6-16-12/h1-7H,13H2. The Morgan fingerprint density at radius 1 is 1.18 bits per heavy atom. The van der Waals surface area contributed by atoms with Gasteiger partial charge < -0.3 is 10.2 Å². The van der Waals surface area contributed by atoms with Gasteiger partial charge in [0.2, 0.25) is 0 Å². The first-order valence-corrected chi connectivity index (χ1v) is 5.86. The maximum Gasteiger partial charge on any atom is 0.260 e. The molecule has 0 atom stereocenters. The first-order chi connectivity index (χ1) is 8.34. The van der Waals surface area contributed by atoms with Crippen LogP contribution >= 0.6 is 11.8 Å². The minimum atomic E-state index is 0.588. The second kappa shape index (κ2) is 4.10. The molecule has 0 saturated carbocycles. The summed E-state index contributed by atoms with van der Waals surface area (Å²) < 4.78 is 5.19. The number of hydrogen-bond acceptors (Lipinski definition) is 5. The normalized spacial score (nSPS) is 10.8. The highest BCUT2D eigenvalue weighted by atomic mass is 32.2. The minimum absolute atomic E-state index is 0.588. The molecule has 4 nitrogen and oxygen atoms in total. The van der Waals surface area contributed by atoms with Crippen LogP contribution in [0.2, 0.25) is 0 Å². The fourth-order valence-corrected chi connectivity index (χ4v) is 2.38. The van der Waals surface area contributed by atoms with E-state index in [4.69, 9.17) is 10.2 Å². The number of anilines is 1. The third-order valence-corrected chi connectivity index (χ3v) is 3.38. The molecule has 0 fully saturated rings. The summed E-state index contributed by atoms with van der Waals surface area (Å²) in [5.74, 6) is 0. The van der Waals surface area contributed by atoms with Crippen LogP contribution < -0.4 is 5.73 Å². The highest BCUT2D eigenvalue weighted by Crippen LogP contribution is 2.35. The van der Waals surface area contributed by atoms with Crippen LogP contribution in [0.4, 0.5) is 5.69 Å². The monoisotopic (exact) mass is 243 g/mol. The minimum Gasteiger partial charge on any atom is -0.440 e. The number of nitrogens with zero attached hydrogens (tertiary/aromatic N) is 2. The Labute approximate surface area is 102 Å². The van der Waals surface area contributed by atoms with E-state index in [0.717, 1.165) is 21.4 Å². The second-order valence-corrected chi connectivity index (χ2v) is 4.47. The molecule has 3 aromatic rings. The number of aromatic nitrogens is 2. The van der Waals surface area contributed by atoms with E-state index >= 15 is 0 Å². The highest BCUT2D eigenvalue weighted by molar-refractivity contribution is 7.99. The van der Waals surface area contributed by atoms with Crippen molar-refractivity contribution in [1.29, 1.82) is 0 Å². The number of hydrogen-bond donors (Lipinski definition) is 1. The molecule has 0 aliphatic rings. The molecule has 0 amide bonds. The lowest BCUT2D eigenvalue weighted by Crippen LogP contribution is -1.91. The molecule has 0 saturated heterocycles. The van der Waals surface area contributed by atoms with E-state index in [2.05, 4.69) is 9.97 Å². The fourth-order valence-electron chi connectivity index (χ4n) is 1.62. The summed E-state index contributed by atoms with van der Waals surface area (Å²) in [6, 6.07) is 5.85. The Balaban J connectivity index is 2.09. The summed E-state index contributed by atoms with van der Waals surface area (Å²) in [5, 5.41) is 2.61.